The van der Waals surface area contributed by atoms with Crippen molar-refractivity contribution >= 4 is 5.91 Å². The van der Waals surface area contributed by atoms with Crippen LogP contribution in [-0.4, -0.2) is 23.7 Å². The molecule has 1 aliphatic rings. The molecule has 2 aromatic carbocycles. The fourth-order valence-corrected chi connectivity index (χ4v) is 3.41. The third-order valence-corrected chi connectivity index (χ3v) is 4.78. The van der Waals surface area contributed by atoms with Crippen molar-refractivity contribution in [1.29, 1.82) is 0 Å². The summed E-state index contributed by atoms with van der Waals surface area (Å²) in [7, 11) is 0. The summed E-state index contributed by atoms with van der Waals surface area (Å²) < 4.78 is 36.8. The fraction of sp³-hybridized carbons (Fsp3) is 0.350. The summed E-state index contributed by atoms with van der Waals surface area (Å²) in [5, 5.41) is 0. The number of hydrogen-bond donors (Lipinski definition) is 1. The summed E-state index contributed by atoms with van der Waals surface area (Å²) >= 11 is 0. The average Bonchev–Trinajstić information content (AvgIpc) is 2.80. The van der Waals surface area contributed by atoms with Gasteiger partial charge in [0.05, 0.1) is 5.54 Å². The first-order chi connectivity index (χ1) is 12.7. The molecule has 1 heterocycles. The van der Waals surface area contributed by atoms with Crippen molar-refractivity contribution in [2.75, 3.05) is 6.54 Å². The van der Waals surface area contributed by atoms with Crippen LogP contribution >= 0.6 is 0 Å². The molecule has 7 heteroatoms. The van der Waals surface area contributed by atoms with Crippen LogP contribution in [0.15, 0.2) is 48.5 Å². The lowest BCUT2D eigenvalue weighted by atomic mass is 9.93. The predicted octanol–water partition coefficient (Wildman–Crippen LogP) is 4.41. The minimum absolute atomic E-state index is 0.0121. The summed E-state index contributed by atoms with van der Waals surface area (Å²) in [6.07, 6.45) is -3.00. The molecule has 1 amide bonds. The maximum atomic E-state index is 12.8. The van der Waals surface area contributed by atoms with Gasteiger partial charge in [-0.3, -0.25) is 4.79 Å². The van der Waals surface area contributed by atoms with Gasteiger partial charge in [0, 0.05) is 12.1 Å². The molecular formula is C20H21F3N2O2. The standard InChI is InChI=1S/C20H21F3N2O2/c1-19(2)17-13-15(27-24-20(21,22)23)10-11-16(17)18(26)25(19)12-6-9-14-7-4-3-5-8-14/h3-5,7-8,10-11,13,24H,6,9,12H2,1-2H3. The number of aryl methyl sites for hydroxylation is 1. The minimum atomic E-state index is -4.65. The second-order valence-electron chi connectivity index (χ2n) is 7.01. The number of halogens is 3. The molecule has 0 saturated heterocycles. The number of alkyl halides is 3. The summed E-state index contributed by atoms with van der Waals surface area (Å²) in [5.41, 5.74) is 2.77. The number of benzene rings is 2. The molecule has 0 spiro atoms. The Hall–Kier alpha value is -2.54. The molecule has 0 unspecified atom stereocenters. The quantitative estimate of drug-likeness (QED) is 0.598. The number of rotatable bonds is 6. The number of hydroxylamine groups is 1. The molecule has 3 rings (SSSR count). The van der Waals surface area contributed by atoms with Crippen molar-refractivity contribution in [3.63, 3.8) is 0 Å². The van der Waals surface area contributed by atoms with Gasteiger partial charge >= 0.3 is 6.30 Å². The Morgan fingerprint density at radius 3 is 2.48 bits per heavy atom. The monoisotopic (exact) mass is 378 g/mol. The van der Waals surface area contributed by atoms with E-state index >= 15 is 0 Å². The molecule has 4 nitrogen and oxygen atoms in total. The van der Waals surface area contributed by atoms with Crippen molar-refractivity contribution < 1.29 is 22.8 Å². The normalized spacial score (nSPS) is 15.7. The second-order valence-corrected chi connectivity index (χ2v) is 7.01. The molecule has 1 aliphatic heterocycles. The van der Waals surface area contributed by atoms with Crippen LogP contribution in [0, 0.1) is 0 Å². The molecule has 27 heavy (non-hydrogen) atoms. The molecule has 2 aromatic rings. The topological polar surface area (TPSA) is 41.6 Å². The molecule has 0 radical (unpaired) electrons. The number of carbonyl (C=O) groups is 1. The highest BCUT2D eigenvalue weighted by Crippen LogP contribution is 2.40. The van der Waals surface area contributed by atoms with Crippen LogP contribution in [0.3, 0.4) is 0 Å². The fourth-order valence-electron chi connectivity index (χ4n) is 3.41. The highest BCUT2D eigenvalue weighted by molar-refractivity contribution is 6.00. The van der Waals surface area contributed by atoms with Crippen molar-refractivity contribution in [3.05, 3.63) is 65.2 Å². The van der Waals surface area contributed by atoms with Crippen LogP contribution in [-0.2, 0) is 12.0 Å². The summed E-state index contributed by atoms with van der Waals surface area (Å²) in [6.45, 7) is 4.34. The van der Waals surface area contributed by atoms with Gasteiger partial charge in [-0.25, -0.2) is 0 Å². The maximum absolute atomic E-state index is 12.8. The van der Waals surface area contributed by atoms with Gasteiger partial charge in [0.25, 0.3) is 5.91 Å². The molecule has 0 bridgehead atoms. The van der Waals surface area contributed by atoms with Gasteiger partial charge in [-0.05, 0) is 56.0 Å². The van der Waals surface area contributed by atoms with Crippen LogP contribution in [0.4, 0.5) is 13.2 Å². The molecule has 0 fully saturated rings. The van der Waals surface area contributed by atoms with Gasteiger partial charge in [-0.1, -0.05) is 35.8 Å². The van der Waals surface area contributed by atoms with Gasteiger partial charge in [-0.15, -0.1) is 0 Å². The Morgan fingerprint density at radius 2 is 1.81 bits per heavy atom. The van der Waals surface area contributed by atoms with E-state index in [-0.39, 0.29) is 11.7 Å². The molecule has 0 saturated carbocycles. The van der Waals surface area contributed by atoms with Gasteiger partial charge in [0.2, 0.25) is 0 Å². The highest BCUT2D eigenvalue weighted by Gasteiger charge is 2.42. The molecule has 144 valence electrons. The second kappa shape index (κ2) is 7.23. The number of nitrogens with one attached hydrogen (secondary N) is 1. The Morgan fingerprint density at radius 1 is 1.11 bits per heavy atom. The zero-order valence-corrected chi connectivity index (χ0v) is 15.1. The zero-order valence-electron chi connectivity index (χ0n) is 15.1. The van der Waals surface area contributed by atoms with E-state index in [0.29, 0.717) is 17.7 Å². The van der Waals surface area contributed by atoms with Crippen LogP contribution < -0.4 is 10.3 Å². The maximum Gasteiger partial charge on any atom is 0.489 e. The number of amides is 1. The number of carbonyl (C=O) groups excluding carboxylic acids is 1. The van der Waals surface area contributed by atoms with Crippen molar-refractivity contribution in [2.45, 2.75) is 38.5 Å². The lowest BCUT2D eigenvalue weighted by molar-refractivity contribution is -0.210. The van der Waals surface area contributed by atoms with E-state index in [1.54, 1.807) is 4.90 Å². The highest BCUT2D eigenvalue weighted by atomic mass is 19.4. The third kappa shape index (κ3) is 4.24. The summed E-state index contributed by atoms with van der Waals surface area (Å²) in [4.78, 5) is 19.1. The van der Waals surface area contributed by atoms with E-state index in [4.69, 9.17) is 0 Å². The van der Waals surface area contributed by atoms with E-state index in [1.807, 2.05) is 44.2 Å². The van der Waals surface area contributed by atoms with Crippen LogP contribution in [0.5, 0.6) is 5.75 Å². The number of fused-ring (bicyclic) bond motifs is 1. The average molecular weight is 378 g/mol. The van der Waals surface area contributed by atoms with Crippen LogP contribution in [0.25, 0.3) is 0 Å². The summed E-state index contributed by atoms with van der Waals surface area (Å²) in [5.74, 6) is -0.100. The molecule has 0 atom stereocenters. The first-order valence-corrected chi connectivity index (χ1v) is 8.70. The SMILES string of the molecule is CC1(C)c2cc(ONC(F)(F)F)ccc2C(=O)N1CCCc1ccccc1. The van der Waals surface area contributed by atoms with Gasteiger partial charge in [-0.2, -0.15) is 13.2 Å². The molecule has 0 aliphatic carbocycles. The Bertz CT molecular complexity index is 820. The number of nitrogens with zero attached hydrogens (tertiary/aromatic N) is 1. The van der Waals surface area contributed by atoms with E-state index in [9.17, 15) is 18.0 Å². The Balaban J connectivity index is 1.71. The van der Waals surface area contributed by atoms with E-state index in [0.717, 1.165) is 18.3 Å². The lowest BCUT2D eigenvalue weighted by Crippen LogP contribution is -2.40. The van der Waals surface area contributed by atoms with Crippen molar-refractivity contribution in [2.24, 2.45) is 0 Å². The molecule has 1 N–H and O–H groups in total. The first-order valence-electron chi connectivity index (χ1n) is 8.70. The zero-order chi connectivity index (χ0) is 19.7. The van der Waals surface area contributed by atoms with Crippen LogP contribution in [0.2, 0.25) is 0 Å². The predicted molar refractivity (Wildman–Crippen MR) is 95.1 cm³/mol. The van der Waals surface area contributed by atoms with Crippen molar-refractivity contribution in [1.82, 2.24) is 10.4 Å². The molecular weight excluding hydrogens is 357 g/mol. The minimum Gasteiger partial charge on any atom is -0.401 e. The Labute approximate surface area is 155 Å². The largest absolute Gasteiger partial charge is 0.489 e. The van der Waals surface area contributed by atoms with Gasteiger partial charge in [0.15, 0.2) is 0 Å². The Kier molecular flexibility index (Phi) is 5.15. The smallest absolute Gasteiger partial charge is 0.401 e. The van der Waals surface area contributed by atoms with Crippen molar-refractivity contribution in [3.8, 4) is 5.75 Å². The van der Waals surface area contributed by atoms with E-state index < -0.39 is 11.8 Å². The third-order valence-electron chi connectivity index (χ3n) is 4.78. The van der Waals surface area contributed by atoms with Gasteiger partial charge in [0.1, 0.15) is 5.75 Å². The van der Waals surface area contributed by atoms with E-state index in [1.165, 1.54) is 23.8 Å². The van der Waals surface area contributed by atoms with Gasteiger partial charge < -0.3 is 9.74 Å². The number of hydrogen-bond acceptors (Lipinski definition) is 3. The van der Waals surface area contributed by atoms with Crippen LogP contribution in [0.1, 0.15) is 41.8 Å². The van der Waals surface area contributed by atoms with E-state index in [2.05, 4.69) is 4.84 Å². The first kappa shape index (κ1) is 19.2. The molecule has 0 aromatic heterocycles. The summed E-state index contributed by atoms with van der Waals surface area (Å²) in [6, 6.07) is 14.4. The lowest BCUT2D eigenvalue weighted by Gasteiger charge is -2.32.